The summed E-state index contributed by atoms with van der Waals surface area (Å²) in [7, 11) is -0.728. The highest BCUT2D eigenvalue weighted by molar-refractivity contribution is 7.92. The van der Waals surface area contributed by atoms with Crippen LogP contribution in [0.1, 0.15) is 11.1 Å². The van der Waals surface area contributed by atoms with E-state index in [0.717, 1.165) is 16.1 Å². The number of benzene rings is 2. The summed E-state index contributed by atoms with van der Waals surface area (Å²) in [4.78, 5) is 24.7. The standard InChI is InChI=1S/C19H23N3O6S/c1-14-17(6-5-7-18(14)22(24)25)21(29(4,26)27)13-19(23)20(2)12-15-8-10-16(28-3)11-9-15/h5-11H,12-13H2,1-4H3. The van der Waals surface area contributed by atoms with E-state index >= 15 is 0 Å². The fourth-order valence-corrected chi connectivity index (χ4v) is 3.70. The monoisotopic (exact) mass is 421 g/mol. The number of nitro benzene ring substituents is 1. The van der Waals surface area contributed by atoms with Gasteiger partial charge in [0.15, 0.2) is 0 Å². The zero-order valence-electron chi connectivity index (χ0n) is 16.7. The van der Waals surface area contributed by atoms with Crippen LogP contribution in [0.2, 0.25) is 0 Å². The van der Waals surface area contributed by atoms with Crippen molar-refractivity contribution in [1.29, 1.82) is 0 Å². The van der Waals surface area contributed by atoms with Gasteiger partial charge < -0.3 is 9.64 Å². The molecule has 0 saturated heterocycles. The Hall–Kier alpha value is -3.14. The molecule has 0 unspecified atom stereocenters. The third-order valence-corrected chi connectivity index (χ3v) is 5.55. The molecule has 29 heavy (non-hydrogen) atoms. The molecular weight excluding hydrogens is 398 g/mol. The molecule has 0 saturated carbocycles. The number of sulfonamides is 1. The lowest BCUT2D eigenvalue weighted by Crippen LogP contribution is -2.41. The van der Waals surface area contributed by atoms with Crippen LogP contribution < -0.4 is 9.04 Å². The number of hydrogen-bond donors (Lipinski definition) is 0. The minimum Gasteiger partial charge on any atom is -0.497 e. The SMILES string of the molecule is COc1ccc(CN(C)C(=O)CN(c2cccc([N+](=O)[O-])c2C)S(C)(=O)=O)cc1. The Kier molecular flexibility index (Phi) is 6.80. The number of carbonyl (C=O) groups is 1. The van der Waals surface area contributed by atoms with Gasteiger partial charge in [-0.15, -0.1) is 0 Å². The molecule has 2 rings (SSSR count). The number of methoxy groups -OCH3 is 1. The van der Waals surface area contributed by atoms with Gasteiger partial charge in [0.25, 0.3) is 5.69 Å². The molecule has 0 atom stereocenters. The summed E-state index contributed by atoms with van der Waals surface area (Å²) >= 11 is 0. The number of nitro groups is 1. The highest BCUT2D eigenvalue weighted by Crippen LogP contribution is 2.29. The van der Waals surface area contributed by atoms with E-state index in [1.165, 1.54) is 30.0 Å². The van der Waals surface area contributed by atoms with Crippen LogP contribution in [-0.4, -0.2) is 51.1 Å². The first kappa shape index (κ1) is 22.2. The molecule has 156 valence electrons. The van der Waals surface area contributed by atoms with Gasteiger partial charge >= 0.3 is 0 Å². The normalized spacial score (nSPS) is 11.0. The number of hydrogen-bond acceptors (Lipinski definition) is 6. The second-order valence-corrected chi connectivity index (χ2v) is 8.45. The number of amides is 1. The summed E-state index contributed by atoms with van der Waals surface area (Å²) in [5.74, 6) is 0.240. The van der Waals surface area contributed by atoms with Crippen LogP contribution in [0, 0.1) is 17.0 Å². The molecule has 0 fully saturated rings. The van der Waals surface area contributed by atoms with E-state index in [1.54, 1.807) is 26.3 Å². The fourth-order valence-electron chi connectivity index (χ4n) is 2.80. The summed E-state index contributed by atoms with van der Waals surface area (Å²) in [5, 5.41) is 11.2. The van der Waals surface area contributed by atoms with Crippen LogP contribution in [0.25, 0.3) is 0 Å². The van der Waals surface area contributed by atoms with Gasteiger partial charge in [0.1, 0.15) is 12.3 Å². The Bertz CT molecular complexity index is 1010. The first-order valence-electron chi connectivity index (χ1n) is 8.63. The van der Waals surface area contributed by atoms with Gasteiger partial charge in [-0.2, -0.15) is 0 Å². The molecule has 9 nitrogen and oxygen atoms in total. The van der Waals surface area contributed by atoms with Crippen molar-refractivity contribution in [2.75, 3.05) is 31.3 Å². The first-order valence-corrected chi connectivity index (χ1v) is 10.5. The Morgan fingerprint density at radius 1 is 1.17 bits per heavy atom. The van der Waals surface area contributed by atoms with Crippen molar-refractivity contribution in [2.24, 2.45) is 0 Å². The van der Waals surface area contributed by atoms with Crippen LogP contribution in [0.3, 0.4) is 0 Å². The maximum Gasteiger partial charge on any atom is 0.274 e. The van der Waals surface area contributed by atoms with Crippen molar-refractivity contribution in [3.05, 3.63) is 63.7 Å². The zero-order valence-corrected chi connectivity index (χ0v) is 17.5. The van der Waals surface area contributed by atoms with E-state index in [-0.39, 0.29) is 23.5 Å². The van der Waals surface area contributed by atoms with E-state index < -0.39 is 27.4 Å². The Labute approximate surface area is 169 Å². The van der Waals surface area contributed by atoms with Crippen molar-refractivity contribution in [3.8, 4) is 5.75 Å². The van der Waals surface area contributed by atoms with Gasteiger partial charge in [0.05, 0.1) is 29.5 Å². The highest BCUT2D eigenvalue weighted by atomic mass is 32.2. The van der Waals surface area contributed by atoms with Gasteiger partial charge in [0.2, 0.25) is 15.9 Å². The Morgan fingerprint density at radius 2 is 1.79 bits per heavy atom. The topological polar surface area (TPSA) is 110 Å². The predicted octanol–water partition coefficient (Wildman–Crippen LogP) is 2.34. The molecule has 2 aromatic carbocycles. The van der Waals surface area contributed by atoms with Crippen LogP contribution in [0.15, 0.2) is 42.5 Å². The number of likely N-dealkylation sites (N-methyl/N-ethyl adjacent to an activating group) is 1. The quantitative estimate of drug-likeness (QED) is 0.478. The van der Waals surface area contributed by atoms with E-state index in [0.29, 0.717) is 5.75 Å². The number of rotatable bonds is 8. The van der Waals surface area contributed by atoms with Crippen molar-refractivity contribution < 1.29 is 22.9 Å². The molecule has 0 N–H and O–H groups in total. The number of ether oxygens (including phenoxy) is 1. The highest BCUT2D eigenvalue weighted by Gasteiger charge is 2.26. The molecule has 2 aromatic rings. The van der Waals surface area contributed by atoms with Crippen molar-refractivity contribution in [1.82, 2.24) is 4.90 Å². The second kappa shape index (κ2) is 8.91. The molecule has 0 bridgehead atoms. The molecule has 0 heterocycles. The van der Waals surface area contributed by atoms with Gasteiger partial charge in [-0.1, -0.05) is 18.2 Å². The van der Waals surface area contributed by atoms with E-state index in [1.807, 2.05) is 12.1 Å². The minimum absolute atomic E-state index is 0.105. The second-order valence-electron chi connectivity index (χ2n) is 6.55. The summed E-state index contributed by atoms with van der Waals surface area (Å²) in [5.41, 5.74) is 0.913. The number of anilines is 1. The Balaban J connectivity index is 2.25. The largest absolute Gasteiger partial charge is 0.497 e. The average Bonchev–Trinajstić information content (AvgIpc) is 2.65. The fraction of sp³-hybridized carbons (Fsp3) is 0.316. The summed E-state index contributed by atoms with van der Waals surface area (Å²) in [6.07, 6.45) is 0.960. The summed E-state index contributed by atoms with van der Waals surface area (Å²) < 4.78 is 30.6. The van der Waals surface area contributed by atoms with Crippen LogP contribution in [0.4, 0.5) is 11.4 Å². The summed E-state index contributed by atoms with van der Waals surface area (Å²) in [6.45, 7) is 1.26. The van der Waals surface area contributed by atoms with Gasteiger partial charge in [-0.05, 0) is 30.7 Å². The minimum atomic E-state index is -3.85. The molecule has 0 radical (unpaired) electrons. The van der Waals surface area contributed by atoms with Gasteiger partial charge in [0, 0.05) is 19.7 Å². The van der Waals surface area contributed by atoms with Gasteiger partial charge in [-0.25, -0.2) is 8.42 Å². The van der Waals surface area contributed by atoms with Crippen LogP contribution in [0.5, 0.6) is 5.75 Å². The maximum atomic E-state index is 12.7. The molecule has 0 aliphatic heterocycles. The van der Waals surface area contributed by atoms with E-state index in [4.69, 9.17) is 4.74 Å². The maximum absolute atomic E-state index is 12.7. The van der Waals surface area contributed by atoms with E-state index in [9.17, 15) is 23.3 Å². The summed E-state index contributed by atoms with van der Waals surface area (Å²) in [6, 6.07) is 11.3. The average molecular weight is 421 g/mol. The first-order chi connectivity index (χ1) is 13.5. The third kappa shape index (κ3) is 5.44. The lowest BCUT2D eigenvalue weighted by atomic mass is 10.1. The third-order valence-electron chi connectivity index (χ3n) is 4.43. The number of carbonyl (C=O) groups excluding carboxylic acids is 1. The molecule has 0 spiro atoms. The lowest BCUT2D eigenvalue weighted by Gasteiger charge is -2.26. The van der Waals surface area contributed by atoms with Crippen molar-refractivity contribution in [3.63, 3.8) is 0 Å². The predicted molar refractivity (Wildman–Crippen MR) is 109 cm³/mol. The van der Waals surface area contributed by atoms with E-state index in [2.05, 4.69) is 0 Å². The molecular formula is C19H23N3O6S. The molecule has 0 aromatic heterocycles. The van der Waals surface area contributed by atoms with Gasteiger partial charge in [-0.3, -0.25) is 19.2 Å². The molecule has 0 aliphatic rings. The van der Waals surface area contributed by atoms with Crippen molar-refractivity contribution in [2.45, 2.75) is 13.5 Å². The van der Waals surface area contributed by atoms with Crippen LogP contribution >= 0.6 is 0 Å². The van der Waals surface area contributed by atoms with Crippen molar-refractivity contribution >= 4 is 27.3 Å². The number of nitrogens with zero attached hydrogens (tertiary/aromatic N) is 3. The zero-order chi connectivity index (χ0) is 21.8. The smallest absolute Gasteiger partial charge is 0.274 e. The molecule has 0 aliphatic carbocycles. The molecule has 1 amide bonds. The molecule has 10 heteroatoms. The Morgan fingerprint density at radius 3 is 2.31 bits per heavy atom. The lowest BCUT2D eigenvalue weighted by molar-refractivity contribution is -0.385. The van der Waals surface area contributed by atoms with Crippen LogP contribution in [-0.2, 0) is 21.4 Å².